The molecule has 0 bridgehead atoms. The molecule has 0 atom stereocenters. The summed E-state index contributed by atoms with van der Waals surface area (Å²) in [5, 5.41) is 0. The van der Waals surface area contributed by atoms with Crippen molar-refractivity contribution in [3.63, 3.8) is 0 Å². The summed E-state index contributed by atoms with van der Waals surface area (Å²) in [6.07, 6.45) is 0.998. The number of ether oxygens (including phenoxy) is 1. The highest BCUT2D eigenvalue weighted by molar-refractivity contribution is 7.80. The van der Waals surface area contributed by atoms with E-state index in [-0.39, 0.29) is 6.61 Å². The highest BCUT2D eigenvalue weighted by Crippen LogP contribution is 2.24. The lowest BCUT2D eigenvalue weighted by molar-refractivity contribution is -0.641. The van der Waals surface area contributed by atoms with Crippen LogP contribution in [-0.2, 0) is 21.1 Å². The smallest absolute Gasteiger partial charge is 0.235 e. The van der Waals surface area contributed by atoms with Crippen LogP contribution in [0.1, 0.15) is 27.2 Å². The third-order valence-electron chi connectivity index (χ3n) is 3.71. The Morgan fingerprint density at radius 2 is 1.74 bits per heavy atom. The topological polar surface area (TPSA) is 92.4 Å². The first-order chi connectivity index (χ1) is 12.9. The molecule has 0 fully saturated rings. The molecule has 0 amide bonds. The van der Waals surface area contributed by atoms with Gasteiger partial charge in [-0.15, -0.1) is 0 Å². The highest BCUT2D eigenvalue weighted by Gasteiger charge is 2.17. The second-order valence-corrected chi connectivity index (χ2v) is 6.68. The van der Waals surface area contributed by atoms with Gasteiger partial charge in [0.2, 0.25) is 21.4 Å². The molecule has 0 aliphatic heterocycles. The van der Waals surface area contributed by atoms with Crippen LogP contribution in [0.4, 0.5) is 0 Å². The fourth-order valence-electron chi connectivity index (χ4n) is 2.69. The van der Waals surface area contributed by atoms with Gasteiger partial charge >= 0.3 is 0 Å². The number of hydrogen-bond acceptors (Lipinski definition) is 6. The minimum absolute atomic E-state index is 0.0914. The SMILES string of the molecule is CCCOc1cccc2c1nc1ccccc1[n+]2CC.CCOS(=O)(=O)[O-]. The fourth-order valence-corrected chi connectivity index (χ4v) is 2.98. The molecule has 2 aromatic carbocycles. The molecule has 27 heavy (non-hydrogen) atoms. The fraction of sp³-hybridized carbons (Fsp3) is 0.368. The largest absolute Gasteiger partial charge is 0.726 e. The zero-order chi connectivity index (χ0) is 19.9. The molecular formula is C19H24N2O5S. The predicted octanol–water partition coefficient (Wildman–Crippen LogP) is 2.97. The molecule has 0 unspecified atom stereocenters. The van der Waals surface area contributed by atoms with Gasteiger partial charge in [0.15, 0.2) is 11.3 Å². The van der Waals surface area contributed by atoms with Crippen LogP contribution in [0.3, 0.4) is 0 Å². The number of aryl methyl sites for hydroxylation is 1. The predicted molar refractivity (Wildman–Crippen MR) is 102 cm³/mol. The van der Waals surface area contributed by atoms with Crippen LogP contribution in [0, 0.1) is 0 Å². The molecule has 0 radical (unpaired) electrons. The molecule has 7 nitrogen and oxygen atoms in total. The zero-order valence-electron chi connectivity index (χ0n) is 15.7. The second kappa shape index (κ2) is 9.59. The molecular weight excluding hydrogens is 368 g/mol. The van der Waals surface area contributed by atoms with E-state index in [2.05, 4.69) is 46.9 Å². The minimum Gasteiger partial charge on any atom is -0.726 e. The number of aromatic nitrogens is 2. The van der Waals surface area contributed by atoms with E-state index < -0.39 is 10.4 Å². The summed E-state index contributed by atoms with van der Waals surface area (Å²) < 4.78 is 40.1. The molecule has 0 aliphatic rings. The Hall–Kier alpha value is -2.29. The van der Waals surface area contributed by atoms with Crippen LogP contribution < -0.4 is 9.30 Å². The van der Waals surface area contributed by atoms with Crippen molar-refractivity contribution in [1.29, 1.82) is 0 Å². The molecule has 0 aliphatic carbocycles. The van der Waals surface area contributed by atoms with Gasteiger partial charge in [-0.1, -0.05) is 25.1 Å². The van der Waals surface area contributed by atoms with Crippen molar-refractivity contribution in [1.82, 2.24) is 4.98 Å². The van der Waals surface area contributed by atoms with E-state index in [1.807, 2.05) is 18.2 Å². The average Bonchev–Trinajstić information content (AvgIpc) is 2.64. The summed E-state index contributed by atoms with van der Waals surface area (Å²) >= 11 is 0. The normalized spacial score (nSPS) is 11.3. The Labute approximate surface area is 159 Å². The van der Waals surface area contributed by atoms with Crippen LogP contribution in [0.5, 0.6) is 5.75 Å². The first kappa shape index (κ1) is 21.0. The van der Waals surface area contributed by atoms with Gasteiger partial charge in [0, 0.05) is 12.1 Å². The Morgan fingerprint density at radius 3 is 2.33 bits per heavy atom. The standard InChI is InChI=1S/C17H19N2O.C2H6O4S/c1-3-12-20-16-11-7-10-15-17(16)18-13-8-5-6-9-14(13)19(15)4-2;1-2-6-7(3,4)5/h5-11H,3-4,12H2,1-2H3;2H2,1H3,(H,3,4,5)/q+1;/p-1. The maximum absolute atomic E-state index is 9.45. The highest BCUT2D eigenvalue weighted by atomic mass is 32.3. The van der Waals surface area contributed by atoms with Gasteiger partial charge in [0.25, 0.3) is 0 Å². The van der Waals surface area contributed by atoms with Crippen molar-refractivity contribution in [3.05, 3.63) is 42.5 Å². The summed E-state index contributed by atoms with van der Waals surface area (Å²) in [7, 11) is -4.42. The number of fused-ring (bicyclic) bond motifs is 2. The third kappa shape index (κ3) is 5.59. The number of hydrogen-bond donors (Lipinski definition) is 0. The van der Waals surface area contributed by atoms with E-state index in [1.54, 1.807) is 0 Å². The van der Waals surface area contributed by atoms with Crippen LogP contribution in [0.15, 0.2) is 42.5 Å². The van der Waals surface area contributed by atoms with Crippen molar-refractivity contribution in [2.45, 2.75) is 33.7 Å². The lowest BCUT2D eigenvalue weighted by Gasteiger charge is -2.08. The molecule has 0 saturated carbocycles. The van der Waals surface area contributed by atoms with E-state index >= 15 is 0 Å². The number of benzene rings is 2. The van der Waals surface area contributed by atoms with Gasteiger partial charge in [0.05, 0.1) is 13.2 Å². The molecule has 1 aromatic heterocycles. The Bertz CT molecular complexity index is 1010. The third-order valence-corrected chi connectivity index (χ3v) is 4.24. The average molecular weight is 392 g/mol. The Kier molecular flexibility index (Phi) is 7.46. The van der Waals surface area contributed by atoms with Gasteiger partial charge in [0.1, 0.15) is 12.1 Å². The molecule has 8 heteroatoms. The molecule has 1 heterocycles. The van der Waals surface area contributed by atoms with Crippen LogP contribution in [0.25, 0.3) is 22.1 Å². The van der Waals surface area contributed by atoms with Crippen LogP contribution >= 0.6 is 0 Å². The molecule has 3 aromatic rings. The van der Waals surface area contributed by atoms with Gasteiger partial charge in [-0.25, -0.2) is 13.4 Å². The van der Waals surface area contributed by atoms with Crippen LogP contribution in [-0.4, -0.2) is 31.2 Å². The van der Waals surface area contributed by atoms with Gasteiger partial charge in [-0.05, 0) is 32.4 Å². The Morgan fingerprint density at radius 1 is 1.04 bits per heavy atom. The van der Waals surface area contributed by atoms with E-state index in [0.29, 0.717) is 0 Å². The molecule has 0 saturated heterocycles. The van der Waals surface area contributed by atoms with Crippen LogP contribution in [0.2, 0.25) is 0 Å². The molecule has 146 valence electrons. The van der Waals surface area contributed by atoms with Crippen molar-refractivity contribution in [2.75, 3.05) is 13.2 Å². The zero-order valence-corrected chi connectivity index (χ0v) is 16.5. The minimum atomic E-state index is -4.42. The Balaban J connectivity index is 0.000000321. The molecule has 0 spiro atoms. The molecule has 0 N–H and O–H groups in total. The first-order valence-electron chi connectivity index (χ1n) is 8.85. The van der Waals surface area contributed by atoms with Crippen molar-refractivity contribution in [2.24, 2.45) is 0 Å². The van der Waals surface area contributed by atoms with Crippen molar-refractivity contribution in [3.8, 4) is 5.75 Å². The van der Waals surface area contributed by atoms with Crippen molar-refractivity contribution >= 4 is 32.5 Å². The van der Waals surface area contributed by atoms with E-state index in [9.17, 15) is 13.0 Å². The van der Waals surface area contributed by atoms with Crippen molar-refractivity contribution < 1.29 is 26.5 Å². The quantitative estimate of drug-likeness (QED) is 0.277. The van der Waals surface area contributed by atoms with E-state index in [0.717, 1.165) is 47.4 Å². The number of nitrogens with zero attached hydrogens (tertiary/aromatic N) is 2. The van der Waals surface area contributed by atoms with Gasteiger partial charge in [-0.2, -0.15) is 4.57 Å². The second-order valence-electron chi connectivity index (χ2n) is 5.63. The number of para-hydroxylation sites is 3. The summed E-state index contributed by atoms with van der Waals surface area (Å²) in [6.45, 7) is 7.24. The lowest BCUT2D eigenvalue weighted by Crippen LogP contribution is -2.34. The summed E-state index contributed by atoms with van der Waals surface area (Å²) in [5.74, 6) is 0.873. The monoisotopic (exact) mass is 392 g/mol. The molecule has 3 rings (SSSR count). The number of rotatable bonds is 6. The maximum atomic E-state index is 9.45. The first-order valence-corrected chi connectivity index (χ1v) is 10.2. The lowest BCUT2D eigenvalue weighted by atomic mass is 10.2. The summed E-state index contributed by atoms with van der Waals surface area (Å²) in [6, 6.07) is 14.4. The maximum Gasteiger partial charge on any atom is 0.235 e. The van der Waals surface area contributed by atoms with Gasteiger partial charge < -0.3 is 9.29 Å². The van der Waals surface area contributed by atoms with E-state index in [1.165, 1.54) is 6.92 Å². The van der Waals surface area contributed by atoms with E-state index in [4.69, 9.17) is 9.72 Å². The summed E-state index contributed by atoms with van der Waals surface area (Å²) in [5.41, 5.74) is 4.24. The summed E-state index contributed by atoms with van der Waals surface area (Å²) in [4.78, 5) is 4.79. The van der Waals surface area contributed by atoms with Gasteiger partial charge in [-0.3, -0.25) is 4.18 Å².